The van der Waals surface area contributed by atoms with E-state index in [1.165, 1.54) is 18.4 Å². The molecule has 0 heterocycles. The Morgan fingerprint density at radius 1 is 1.36 bits per heavy atom. The Morgan fingerprint density at radius 3 is 2.57 bits per heavy atom. The molecule has 1 heteroatoms. The van der Waals surface area contributed by atoms with Crippen molar-refractivity contribution in [2.24, 2.45) is 0 Å². The molecule has 1 aromatic carbocycles. The molecule has 1 radical (unpaired) electrons. The van der Waals surface area contributed by atoms with Gasteiger partial charge in [-0.05, 0) is 56.7 Å². The maximum atomic E-state index is 5.64. The quantitative estimate of drug-likeness (QED) is 0.706. The van der Waals surface area contributed by atoms with Crippen LogP contribution in [0.2, 0.25) is 0 Å². The number of ether oxygens (including phenoxy) is 1. The first-order valence-corrected chi connectivity index (χ1v) is 5.29. The fourth-order valence-electron chi connectivity index (χ4n) is 1.64. The minimum atomic E-state index is 0.224. The third-order valence-electron chi connectivity index (χ3n) is 2.50. The number of hydrogen-bond donors (Lipinski definition) is 0. The van der Waals surface area contributed by atoms with Crippen LogP contribution in [-0.2, 0) is 0 Å². The van der Waals surface area contributed by atoms with E-state index in [1.54, 1.807) is 0 Å². The van der Waals surface area contributed by atoms with Crippen LogP contribution in [0, 0.1) is 6.92 Å². The third kappa shape index (κ3) is 2.09. The van der Waals surface area contributed by atoms with Gasteiger partial charge in [0.15, 0.2) is 0 Å². The molecule has 0 unspecified atom stereocenters. The van der Waals surface area contributed by atoms with Gasteiger partial charge in [0.2, 0.25) is 0 Å². The predicted octanol–water partition coefficient (Wildman–Crippen LogP) is 3.53. The summed E-state index contributed by atoms with van der Waals surface area (Å²) in [5.41, 5.74) is 2.44. The summed E-state index contributed by atoms with van der Waals surface area (Å²) in [5, 5.41) is 0. The molecular formula is C13H17O. The number of hydrogen-bond acceptors (Lipinski definition) is 1. The highest BCUT2D eigenvalue weighted by Crippen LogP contribution is 2.41. The molecule has 0 atom stereocenters. The van der Waals surface area contributed by atoms with Crippen molar-refractivity contribution in [2.45, 2.75) is 38.7 Å². The van der Waals surface area contributed by atoms with Crippen molar-refractivity contribution in [1.29, 1.82) is 0 Å². The average Bonchev–Trinajstić information content (AvgIpc) is 2.90. The minimum absolute atomic E-state index is 0.224. The van der Waals surface area contributed by atoms with Gasteiger partial charge in [0, 0.05) is 0 Å². The zero-order valence-electron chi connectivity index (χ0n) is 8.92. The van der Waals surface area contributed by atoms with Crippen LogP contribution >= 0.6 is 0 Å². The molecule has 1 aliphatic carbocycles. The van der Waals surface area contributed by atoms with Crippen LogP contribution in [0.1, 0.15) is 43.7 Å². The lowest BCUT2D eigenvalue weighted by atomic mass is 10.1. The van der Waals surface area contributed by atoms with Gasteiger partial charge in [-0.1, -0.05) is 12.1 Å². The van der Waals surface area contributed by atoms with Crippen LogP contribution in [-0.4, -0.2) is 6.10 Å². The lowest BCUT2D eigenvalue weighted by Gasteiger charge is -2.13. The van der Waals surface area contributed by atoms with Crippen molar-refractivity contribution in [3.63, 3.8) is 0 Å². The van der Waals surface area contributed by atoms with Gasteiger partial charge in [-0.25, -0.2) is 0 Å². The van der Waals surface area contributed by atoms with E-state index in [0.717, 1.165) is 17.2 Å². The Morgan fingerprint density at radius 2 is 2.07 bits per heavy atom. The van der Waals surface area contributed by atoms with E-state index in [0.29, 0.717) is 0 Å². The normalized spacial score (nSPS) is 16.0. The van der Waals surface area contributed by atoms with Crippen LogP contribution in [0.5, 0.6) is 5.75 Å². The lowest BCUT2D eigenvalue weighted by Crippen LogP contribution is -2.06. The number of benzene rings is 1. The first-order chi connectivity index (χ1) is 6.66. The van der Waals surface area contributed by atoms with Gasteiger partial charge in [0.05, 0.1) is 6.10 Å². The highest BCUT2D eigenvalue weighted by atomic mass is 16.5. The van der Waals surface area contributed by atoms with Gasteiger partial charge in [0.1, 0.15) is 5.75 Å². The third-order valence-corrected chi connectivity index (χ3v) is 2.50. The molecule has 1 aromatic rings. The van der Waals surface area contributed by atoms with Gasteiger partial charge in [0.25, 0.3) is 0 Å². The highest BCUT2D eigenvalue weighted by Gasteiger charge is 2.23. The molecule has 2 rings (SSSR count). The summed E-state index contributed by atoms with van der Waals surface area (Å²) in [6, 6.07) is 6.38. The molecule has 0 amide bonds. The summed E-state index contributed by atoms with van der Waals surface area (Å²) in [5.74, 6) is 1.72. The van der Waals surface area contributed by atoms with Crippen LogP contribution < -0.4 is 4.74 Å². The summed E-state index contributed by atoms with van der Waals surface area (Å²) in [6.07, 6.45) is 2.90. The molecule has 75 valence electrons. The van der Waals surface area contributed by atoms with Gasteiger partial charge >= 0.3 is 0 Å². The molecule has 1 aliphatic rings. The van der Waals surface area contributed by atoms with Gasteiger partial charge < -0.3 is 4.74 Å². The largest absolute Gasteiger partial charge is 0.491 e. The van der Waals surface area contributed by atoms with Crippen molar-refractivity contribution in [3.8, 4) is 5.75 Å². The average molecular weight is 189 g/mol. The maximum absolute atomic E-state index is 5.64. The molecule has 1 fully saturated rings. The van der Waals surface area contributed by atoms with Gasteiger partial charge in [-0.2, -0.15) is 0 Å². The van der Waals surface area contributed by atoms with E-state index >= 15 is 0 Å². The number of rotatable bonds is 3. The fourth-order valence-corrected chi connectivity index (χ4v) is 1.64. The van der Waals surface area contributed by atoms with E-state index in [2.05, 4.69) is 25.1 Å². The lowest BCUT2D eigenvalue weighted by molar-refractivity contribution is 0.241. The molecule has 0 bridgehead atoms. The Hall–Kier alpha value is -0.980. The van der Waals surface area contributed by atoms with Crippen LogP contribution in [0.25, 0.3) is 0 Å². The summed E-state index contributed by atoms with van der Waals surface area (Å²) in [6.45, 7) is 8.09. The molecule has 1 saturated carbocycles. The topological polar surface area (TPSA) is 9.23 Å². The smallest absolute Gasteiger partial charge is 0.122 e. The summed E-state index contributed by atoms with van der Waals surface area (Å²) < 4.78 is 5.64. The zero-order valence-corrected chi connectivity index (χ0v) is 8.92. The highest BCUT2D eigenvalue weighted by molar-refractivity contribution is 5.41. The molecule has 0 N–H and O–H groups in total. The van der Waals surface area contributed by atoms with Gasteiger partial charge in [-0.3, -0.25) is 0 Å². The van der Waals surface area contributed by atoms with E-state index < -0.39 is 0 Å². The summed E-state index contributed by atoms with van der Waals surface area (Å²) in [7, 11) is 0. The Bertz CT molecular complexity index is 324. The van der Waals surface area contributed by atoms with Crippen molar-refractivity contribution < 1.29 is 4.74 Å². The fraction of sp³-hybridized carbons (Fsp3) is 0.462. The first-order valence-electron chi connectivity index (χ1n) is 5.29. The summed E-state index contributed by atoms with van der Waals surface area (Å²) >= 11 is 0. The van der Waals surface area contributed by atoms with Crippen molar-refractivity contribution in [2.75, 3.05) is 0 Å². The van der Waals surface area contributed by atoms with Crippen molar-refractivity contribution in [1.82, 2.24) is 0 Å². The second kappa shape index (κ2) is 3.64. The summed E-state index contributed by atoms with van der Waals surface area (Å²) in [4.78, 5) is 0. The molecule has 1 nitrogen and oxygen atoms in total. The van der Waals surface area contributed by atoms with E-state index in [-0.39, 0.29) is 6.10 Å². The molecular weight excluding hydrogens is 172 g/mol. The Labute approximate surface area is 86.1 Å². The van der Waals surface area contributed by atoms with E-state index in [1.807, 2.05) is 13.8 Å². The second-order valence-corrected chi connectivity index (χ2v) is 4.31. The van der Waals surface area contributed by atoms with Crippen LogP contribution in [0.3, 0.4) is 0 Å². The zero-order chi connectivity index (χ0) is 10.1. The van der Waals surface area contributed by atoms with Crippen molar-refractivity contribution >= 4 is 0 Å². The predicted molar refractivity (Wildman–Crippen MR) is 58.6 cm³/mol. The second-order valence-electron chi connectivity index (χ2n) is 4.31. The minimum Gasteiger partial charge on any atom is -0.491 e. The van der Waals surface area contributed by atoms with Gasteiger partial charge in [-0.15, -0.1) is 0 Å². The molecule has 0 spiro atoms. The van der Waals surface area contributed by atoms with Crippen LogP contribution in [0.4, 0.5) is 0 Å². The van der Waals surface area contributed by atoms with E-state index in [9.17, 15) is 0 Å². The van der Waals surface area contributed by atoms with Crippen LogP contribution in [0.15, 0.2) is 18.2 Å². The molecule has 14 heavy (non-hydrogen) atoms. The standard InChI is InChI=1S/C13H17O/c1-9(2)14-13-7-6-12(8-10(13)3)11-4-5-11/h6-9,11H,3-5H2,1-2H3. The monoisotopic (exact) mass is 189 g/mol. The van der Waals surface area contributed by atoms with Crippen molar-refractivity contribution in [3.05, 3.63) is 36.2 Å². The molecule has 0 aliphatic heterocycles. The molecule has 0 saturated heterocycles. The first kappa shape index (κ1) is 9.57. The SMILES string of the molecule is [CH2]c1cc(C2CC2)ccc1OC(C)C. The Kier molecular flexibility index (Phi) is 2.49. The molecule has 0 aromatic heterocycles. The maximum Gasteiger partial charge on any atom is 0.122 e. The van der Waals surface area contributed by atoms with E-state index in [4.69, 9.17) is 4.74 Å². The Balaban J connectivity index is 2.17.